The number of rotatable bonds is 3. The minimum Gasteiger partial charge on any atom is -0.382 e. The highest BCUT2D eigenvalue weighted by atomic mass is 32.2. The molecule has 2 aliphatic heterocycles. The standard InChI is InChI=1S/C13H22N6O2S/c14-12-10-15-11-13(16-12)17-4-3-7-19(9-8-17)22(20,21)18-5-1-2-6-18/h10-11H,1-9H2,(H2,14,16). The maximum atomic E-state index is 12.6. The molecule has 2 aliphatic rings. The van der Waals surface area contributed by atoms with Crippen molar-refractivity contribution in [3.63, 3.8) is 0 Å². The molecule has 22 heavy (non-hydrogen) atoms. The van der Waals surface area contributed by atoms with Gasteiger partial charge in [-0.25, -0.2) is 4.98 Å². The van der Waals surface area contributed by atoms with Gasteiger partial charge in [0.25, 0.3) is 10.2 Å². The van der Waals surface area contributed by atoms with Crippen LogP contribution in [-0.2, 0) is 10.2 Å². The quantitative estimate of drug-likeness (QED) is 0.834. The molecule has 2 saturated heterocycles. The summed E-state index contributed by atoms with van der Waals surface area (Å²) in [6, 6.07) is 0. The fourth-order valence-corrected chi connectivity index (χ4v) is 4.68. The lowest BCUT2D eigenvalue weighted by molar-refractivity contribution is 0.373. The van der Waals surface area contributed by atoms with Gasteiger partial charge in [0.05, 0.1) is 12.4 Å². The predicted molar refractivity (Wildman–Crippen MR) is 84.6 cm³/mol. The number of anilines is 2. The van der Waals surface area contributed by atoms with Gasteiger partial charge in [0, 0.05) is 39.3 Å². The average Bonchev–Trinajstić information content (AvgIpc) is 2.92. The van der Waals surface area contributed by atoms with Crippen LogP contribution in [0, 0.1) is 0 Å². The van der Waals surface area contributed by atoms with Crippen molar-refractivity contribution in [3.05, 3.63) is 12.4 Å². The van der Waals surface area contributed by atoms with Gasteiger partial charge in [-0.2, -0.15) is 17.0 Å². The first kappa shape index (κ1) is 15.4. The topological polar surface area (TPSA) is 95.7 Å². The van der Waals surface area contributed by atoms with Crippen LogP contribution in [0.5, 0.6) is 0 Å². The molecule has 122 valence electrons. The van der Waals surface area contributed by atoms with Gasteiger partial charge in [-0.05, 0) is 19.3 Å². The Morgan fingerprint density at radius 3 is 2.32 bits per heavy atom. The Bertz CT molecular complexity index is 617. The first-order valence-electron chi connectivity index (χ1n) is 7.65. The second kappa shape index (κ2) is 6.35. The van der Waals surface area contributed by atoms with Crippen LogP contribution in [0.15, 0.2) is 12.4 Å². The molecule has 3 heterocycles. The Morgan fingerprint density at radius 2 is 1.59 bits per heavy atom. The zero-order valence-electron chi connectivity index (χ0n) is 12.6. The third-order valence-electron chi connectivity index (χ3n) is 4.14. The van der Waals surface area contributed by atoms with Gasteiger partial charge in [0.2, 0.25) is 0 Å². The molecule has 8 nitrogen and oxygen atoms in total. The lowest BCUT2D eigenvalue weighted by Gasteiger charge is -2.26. The molecule has 3 rings (SSSR count). The summed E-state index contributed by atoms with van der Waals surface area (Å²) in [5.41, 5.74) is 5.67. The van der Waals surface area contributed by atoms with Crippen molar-refractivity contribution in [2.75, 3.05) is 49.9 Å². The van der Waals surface area contributed by atoms with Gasteiger partial charge in [-0.3, -0.25) is 4.98 Å². The lowest BCUT2D eigenvalue weighted by Crippen LogP contribution is -2.44. The molecule has 0 atom stereocenters. The molecular weight excluding hydrogens is 304 g/mol. The van der Waals surface area contributed by atoms with E-state index in [9.17, 15) is 8.42 Å². The van der Waals surface area contributed by atoms with E-state index >= 15 is 0 Å². The van der Waals surface area contributed by atoms with Crippen LogP contribution in [-0.4, -0.2) is 66.3 Å². The maximum absolute atomic E-state index is 12.6. The van der Waals surface area contributed by atoms with Crippen molar-refractivity contribution < 1.29 is 8.42 Å². The van der Waals surface area contributed by atoms with Crippen LogP contribution in [0.25, 0.3) is 0 Å². The minimum absolute atomic E-state index is 0.378. The predicted octanol–water partition coefficient (Wildman–Crippen LogP) is -0.0885. The number of aromatic nitrogens is 2. The summed E-state index contributed by atoms with van der Waals surface area (Å²) in [6.45, 7) is 3.65. The van der Waals surface area contributed by atoms with Gasteiger partial charge >= 0.3 is 0 Å². The van der Waals surface area contributed by atoms with E-state index in [1.165, 1.54) is 6.20 Å². The van der Waals surface area contributed by atoms with Gasteiger partial charge < -0.3 is 10.6 Å². The second-order valence-corrected chi connectivity index (χ2v) is 7.58. The molecule has 0 unspecified atom stereocenters. The van der Waals surface area contributed by atoms with Crippen LogP contribution < -0.4 is 10.6 Å². The highest BCUT2D eigenvalue weighted by Crippen LogP contribution is 2.20. The third-order valence-corrected chi connectivity index (χ3v) is 6.17. The lowest BCUT2D eigenvalue weighted by atomic mass is 10.4. The normalized spacial score (nSPS) is 21.9. The van der Waals surface area contributed by atoms with Crippen LogP contribution in [0.1, 0.15) is 19.3 Å². The summed E-state index contributed by atoms with van der Waals surface area (Å²) >= 11 is 0. The smallest absolute Gasteiger partial charge is 0.282 e. The molecule has 0 saturated carbocycles. The van der Waals surface area contributed by atoms with E-state index in [0.29, 0.717) is 44.4 Å². The van der Waals surface area contributed by atoms with Gasteiger partial charge in [-0.1, -0.05) is 0 Å². The molecule has 0 radical (unpaired) electrons. The molecule has 1 aromatic rings. The Kier molecular flexibility index (Phi) is 4.46. The Balaban J connectivity index is 1.69. The molecule has 0 amide bonds. The van der Waals surface area contributed by atoms with Crippen LogP contribution in [0.3, 0.4) is 0 Å². The first-order chi connectivity index (χ1) is 10.6. The van der Waals surface area contributed by atoms with Crippen molar-refractivity contribution in [2.24, 2.45) is 0 Å². The van der Waals surface area contributed by atoms with Crippen molar-refractivity contribution in [3.8, 4) is 0 Å². The molecule has 2 N–H and O–H groups in total. The van der Waals surface area contributed by atoms with E-state index in [-0.39, 0.29) is 0 Å². The number of nitrogens with zero attached hydrogens (tertiary/aromatic N) is 5. The summed E-state index contributed by atoms with van der Waals surface area (Å²) in [6.07, 6.45) is 5.85. The molecular formula is C13H22N6O2S. The summed E-state index contributed by atoms with van der Waals surface area (Å²) in [5, 5.41) is 0. The molecule has 0 spiro atoms. The zero-order valence-corrected chi connectivity index (χ0v) is 13.4. The summed E-state index contributed by atoms with van der Waals surface area (Å²) in [4.78, 5) is 10.4. The number of nitrogen functional groups attached to an aromatic ring is 1. The van der Waals surface area contributed by atoms with Crippen molar-refractivity contribution in [1.82, 2.24) is 18.6 Å². The van der Waals surface area contributed by atoms with Crippen molar-refractivity contribution >= 4 is 21.8 Å². The van der Waals surface area contributed by atoms with E-state index in [1.807, 2.05) is 4.90 Å². The summed E-state index contributed by atoms with van der Waals surface area (Å²) in [7, 11) is -3.32. The number of hydrogen-bond donors (Lipinski definition) is 1. The fraction of sp³-hybridized carbons (Fsp3) is 0.692. The van der Waals surface area contributed by atoms with E-state index in [0.717, 1.165) is 25.8 Å². The van der Waals surface area contributed by atoms with E-state index in [1.54, 1.807) is 14.8 Å². The molecule has 1 aromatic heterocycles. The Hall–Kier alpha value is -1.45. The molecule has 0 bridgehead atoms. The number of nitrogens with two attached hydrogens (primary N) is 1. The third kappa shape index (κ3) is 3.16. The molecule has 2 fully saturated rings. The zero-order chi connectivity index (χ0) is 15.6. The second-order valence-electron chi connectivity index (χ2n) is 5.66. The molecule has 9 heteroatoms. The SMILES string of the molecule is Nc1cncc(N2CCCN(S(=O)(=O)N3CCCC3)CC2)n1. The van der Waals surface area contributed by atoms with E-state index in [4.69, 9.17) is 5.73 Å². The Morgan fingerprint density at radius 1 is 0.909 bits per heavy atom. The first-order valence-corrected chi connectivity index (χ1v) is 9.05. The summed E-state index contributed by atoms with van der Waals surface area (Å²) in [5.74, 6) is 1.09. The average molecular weight is 326 g/mol. The van der Waals surface area contributed by atoms with Gasteiger partial charge in [-0.15, -0.1) is 0 Å². The van der Waals surface area contributed by atoms with Gasteiger partial charge in [0.1, 0.15) is 11.6 Å². The fourth-order valence-electron chi connectivity index (χ4n) is 2.96. The van der Waals surface area contributed by atoms with Crippen molar-refractivity contribution in [2.45, 2.75) is 19.3 Å². The van der Waals surface area contributed by atoms with Crippen molar-refractivity contribution in [1.29, 1.82) is 0 Å². The highest BCUT2D eigenvalue weighted by Gasteiger charge is 2.32. The van der Waals surface area contributed by atoms with Crippen LogP contribution >= 0.6 is 0 Å². The molecule has 0 aromatic carbocycles. The minimum atomic E-state index is -3.32. The number of hydrogen-bond acceptors (Lipinski definition) is 6. The van der Waals surface area contributed by atoms with Crippen LogP contribution in [0.4, 0.5) is 11.6 Å². The summed E-state index contributed by atoms with van der Waals surface area (Å²) < 4.78 is 28.4. The largest absolute Gasteiger partial charge is 0.382 e. The highest BCUT2D eigenvalue weighted by molar-refractivity contribution is 7.86. The van der Waals surface area contributed by atoms with E-state index in [2.05, 4.69) is 9.97 Å². The monoisotopic (exact) mass is 326 g/mol. The van der Waals surface area contributed by atoms with E-state index < -0.39 is 10.2 Å². The van der Waals surface area contributed by atoms with Crippen LogP contribution in [0.2, 0.25) is 0 Å². The maximum Gasteiger partial charge on any atom is 0.282 e. The van der Waals surface area contributed by atoms with Gasteiger partial charge in [0.15, 0.2) is 0 Å². The Labute approximate surface area is 131 Å². The molecule has 0 aliphatic carbocycles.